The molecule has 34 heavy (non-hydrogen) atoms. The summed E-state index contributed by atoms with van der Waals surface area (Å²) < 4.78 is 69.7. The van der Waals surface area contributed by atoms with Crippen LogP contribution in [0.5, 0.6) is 5.75 Å². The molecule has 3 aromatic carbocycles. The Morgan fingerprint density at radius 1 is 0.912 bits per heavy atom. The third-order valence-corrected chi connectivity index (χ3v) is 7.70. The summed E-state index contributed by atoms with van der Waals surface area (Å²) in [6.45, 7) is 2.07. The Balaban J connectivity index is 1.48. The molecule has 0 aliphatic heterocycles. The molecule has 5 nitrogen and oxygen atoms in total. The number of rotatable bonds is 7. The highest BCUT2D eigenvalue weighted by atomic mass is 32.2. The smallest absolute Gasteiger partial charge is 0.406 e. The minimum absolute atomic E-state index is 0.00000451. The SMILES string of the molecule is C[C@H](N[C@@H]1CCCC[C@H]1NS(=O)(=O)c1ccc(OC(F)(F)F)cc1)c1cccc2ccccc12. The highest BCUT2D eigenvalue weighted by molar-refractivity contribution is 7.89. The molecule has 2 N–H and O–H groups in total. The summed E-state index contributed by atoms with van der Waals surface area (Å²) in [5.41, 5.74) is 1.14. The van der Waals surface area contributed by atoms with E-state index in [0.29, 0.717) is 6.42 Å². The number of fused-ring (bicyclic) bond motifs is 1. The summed E-state index contributed by atoms with van der Waals surface area (Å²) in [6, 6.07) is 18.1. The van der Waals surface area contributed by atoms with Crippen LogP contribution in [0.2, 0.25) is 0 Å². The van der Waals surface area contributed by atoms with Gasteiger partial charge in [-0.25, -0.2) is 13.1 Å². The Morgan fingerprint density at radius 3 is 2.26 bits per heavy atom. The molecule has 3 atom stereocenters. The van der Waals surface area contributed by atoms with Crippen LogP contribution < -0.4 is 14.8 Å². The van der Waals surface area contributed by atoms with Crippen LogP contribution in [0, 0.1) is 0 Å². The van der Waals surface area contributed by atoms with Crippen molar-refractivity contribution in [2.75, 3.05) is 0 Å². The van der Waals surface area contributed by atoms with Crippen molar-refractivity contribution in [2.45, 2.75) is 62.0 Å². The van der Waals surface area contributed by atoms with E-state index in [-0.39, 0.29) is 23.0 Å². The lowest BCUT2D eigenvalue weighted by Crippen LogP contribution is -2.52. The number of benzene rings is 3. The van der Waals surface area contributed by atoms with Crippen molar-refractivity contribution in [3.05, 3.63) is 72.3 Å². The van der Waals surface area contributed by atoms with E-state index >= 15 is 0 Å². The van der Waals surface area contributed by atoms with E-state index in [1.807, 2.05) is 18.2 Å². The summed E-state index contributed by atoms with van der Waals surface area (Å²) in [6.07, 6.45) is -1.45. The van der Waals surface area contributed by atoms with Crippen molar-refractivity contribution in [1.82, 2.24) is 10.0 Å². The van der Waals surface area contributed by atoms with Crippen LogP contribution >= 0.6 is 0 Å². The van der Waals surface area contributed by atoms with Crippen molar-refractivity contribution < 1.29 is 26.3 Å². The van der Waals surface area contributed by atoms with Crippen LogP contribution in [0.3, 0.4) is 0 Å². The third-order valence-electron chi connectivity index (χ3n) is 6.19. The molecule has 0 amide bonds. The fourth-order valence-electron chi connectivity index (χ4n) is 4.60. The summed E-state index contributed by atoms with van der Waals surface area (Å²) in [5.74, 6) is -0.465. The van der Waals surface area contributed by atoms with Gasteiger partial charge in [-0.1, -0.05) is 55.3 Å². The van der Waals surface area contributed by atoms with E-state index in [0.717, 1.165) is 59.9 Å². The molecule has 182 valence electrons. The second-order valence-corrected chi connectivity index (χ2v) is 10.3. The van der Waals surface area contributed by atoms with E-state index in [1.54, 1.807) is 0 Å². The summed E-state index contributed by atoms with van der Waals surface area (Å²) in [5, 5.41) is 5.91. The van der Waals surface area contributed by atoms with Gasteiger partial charge >= 0.3 is 6.36 Å². The second kappa shape index (κ2) is 9.93. The number of alkyl halides is 3. The molecular formula is C25H27F3N2O3S. The predicted molar refractivity (Wildman–Crippen MR) is 125 cm³/mol. The van der Waals surface area contributed by atoms with Gasteiger partial charge in [0, 0.05) is 18.1 Å². The molecule has 0 heterocycles. The largest absolute Gasteiger partial charge is 0.573 e. The first-order chi connectivity index (χ1) is 16.1. The Morgan fingerprint density at radius 2 is 1.56 bits per heavy atom. The van der Waals surface area contributed by atoms with E-state index < -0.39 is 22.1 Å². The van der Waals surface area contributed by atoms with Crippen LogP contribution in [0.25, 0.3) is 10.8 Å². The Kier molecular flexibility index (Phi) is 7.16. The second-order valence-electron chi connectivity index (χ2n) is 8.59. The molecule has 0 aromatic heterocycles. The maximum Gasteiger partial charge on any atom is 0.573 e. The zero-order valence-electron chi connectivity index (χ0n) is 18.7. The van der Waals surface area contributed by atoms with E-state index in [2.05, 4.69) is 46.0 Å². The van der Waals surface area contributed by atoms with Gasteiger partial charge in [0.1, 0.15) is 5.75 Å². The quantitative estimate of drug-likeness (QED) is 0.445. The molecule has 0 spiro atoms. The van der Waals surface area contributed by atoms with E-state index in [1.165, 1.54) is 0 Å². The van der Waals surface area contributed by atoms with Crippen LogP contribution in [0.4, 0.5) is 13.2 Å². The molecule has 4 rings (SSSR count). The van der Waals surface area contributed by atoms with Gasteiger partial charge in [-0.2, -0.15) is 0 Å². The number of nitrogens with one attached hydrogen (secondary N) is 2. The summed E-state index contributed by atoms with van der Waals surface area (Å²) >= 11 is 0. The van der Waals surface area contributed by atoms with Crippen LogP contribution in [-0.2, 0) is 10.0 Å². The molecule has 0 radical (unpaired) electrons. The number of ether oxygens (including phenoxy) is 1. The van der Waals surface area contributed by atoms with Crippen LogP contribution in [0.1, 0.15) is 44.2 Å². The minimum Gasteiger partial charge on any atom is -0.406 e. The maximum atomic E-state index is 13.0. The highest BCUT2D eigenvalue weighted by Crippen LogP contribution is 2.28. The minimum atomic E-state index is -4.83. The Hall–Kier alpha value is -2.62. The average Bonchev–Trinajstić information content (AvgIpc) is 2.79. The topological polar surface area (TPSA) is 67.4 Å². The van der Waals surface area contributed by atoms with Crippen molar-refractivity contribution in [3.63, 3.8) is 0 Å². The van der Waals surface area contributed by atoms with E-state index in [4.69, 9.17) is 0 Å². The first-order valence-electron chi connectivity index (χ1n) is 11.2. The number of hydrogen-bond donors (Lipinski definition) is 2. The molecule has 1 aliphatic carbocycles. The zero-order valence-corrected chi connectivity index (χ0v) is 19.5. The zero-order chi connectivity index (χ0) is 24.3. The first kappa shape index (κ1) is 24.5. The molecule has 9 heteroatoms. The van der Waals surface area contributed by atoms with Crippen molar-refractivity contribution >= 4 is 20.8 Å². The number of hydrogen-bond acceptors (Lipinski definition) is 4. The monoisotopic (exact) mass is 492 g/mol. The molecule has 1 saturated carbocycles. The highest BCUT2D eigenvalue weighted by Gasteiger charge is 2.32. The lowest BCUT2D eigenvalue weighted by molar-refractivity contribution is -0.274. The molecule has 1 fully saturated rings. The van der Waals surface area contributed by atoms with Crippen molar-refractivity contribution in [1.29, 1.82) is 0 Å². The van der Waals surface area contributed by atoms with Gasteiger partial charge in [0.2, 0.25) is 10.0 Å². The third kappa shape index (κ3) is 5.89. The summed E-state index contributed by atoms with van der Waals surface area (Å²) in [7, 11) is -3.92. The van der Waals surface area contributed by atoms with Crippen molar-refractivity contribution in [3.8, 4) is 5.75 Å². The van der Waals surface area contributed by atoms with Gasteiger partial charge < -0.3 is 10.1 Å². The Labute approximate surface area is 197 Å². The van der Waals surface area contributed by atoms with Gasteiger partial charge in [-0.15, -0.1) is 13.2 Å². The van der Waals surface area contributed by atoms with Crippen molar-refractivity contribution in [2.24, 2.45) is 0 Å². The normalized spacial score (nSPS) is 20.2. The van der Waals surface area contributed by atoms with Gasteiger partial charge in [0.25, 0.3) is 0 Å². The Bertz CT molecular complexity index is 1220. The summed E-state index contributed by atoms with van der Waals surface area (Å²) in [4.78, 5) is -0.103. The standard InChI is InChI=1S/C25H27F3N2O3S/c1-17(21-10-6-8-18-7-2-3-9-22(18)21)29-23-11-4-5-12-24(23)30-34(31,32)20-15-13-19(14-16-20)33-25(26,27)28/h2-3,6-10,13-17,23-24,29-30H,4-5,11-12H2,1H3/t17-,23+,24+/m0/s1. The van der Waals surface area contributed by atoms with Gasteiger partial charge in [0.15, 0.2) is 0 Å². The number of sulfonamides is 1. The molecule has 0 unspecified atom stereocenters. The fourth-order valence-corrected chi connectivity index (χ4v) is 5.91. The number of halogens is 3. The average molecular weight is 493 g/mol. The van der Waals surface area contributed by atoms with Crippen LogP contribution in [-0.4, -0.2) is 26.9 Å². The van der Waals surface area contributed by atoms with Gasteiger partial charge in [-0.3, -0.25) is 0 Å². The maximum absolute atomic E-state index is 13.0. The van der Waals surface area contributed by atoms with Gasteiger partial charge in [-0.05, 0) is 60.4 Å². The fraction of sp³-hybridized carbons (Fsp3) is 0.360. The van der Waals surface area contributed by atoms with E-state index in [9.17, 15) is 21.6 Å². The lowest BCUT2D eigenvalue weighted by Gasteiger charge is -2.35. The van der Waals surface area contributed by atoms with Gasteiger partial charge in [0.05, 0.1) is 4.90 Å². The molecule has 1 aliphatic rings. The molecule has 0 saturated heterocycles. The predicted octanol–water partition coefficient (Wildman–Crippen LogP) is 5.68. The molecule has 3 aromatic rings. The lowest BCUT2D eigenvalue weighted by atomic mass is 9.89. The van der Waals surface area contributed by atoms with Crippen LogP contribution in [0.15, 0.2) is 71.6 Å². The molecular weight excluding hydrogens is 465 g/mol. The first-order valence-corrected chi connectivity index (χ1v) is 12.7. The molecule has 0 bridgehead atoms.